The molecule has 5 heteroatoms. The zero-order chi connectivity index (χ0) is 12.7. The third kappa shape index (κ3) is 5.42. The number of nitrogens with two attached hydrogens (primary N) is 1. The second-order valence-electron chi connectivity index (χ2n) is 4.07. The van der Waals surface area contributed by atoms with E-state index in [4.69, 9.17) is 18.0 Å². The largest absolute Gasteiger partial charge is 0.393 e. The molecule has 0 heterocycles. The van der Waals surface area contributed by atoms with Crippen molar-refractivity contribution >= 4 is 23.1 Å². The van der Waals surface area contributed by atoms with Crippen molar-refractivity contribution in [3.8, 4) is 0 Å². The fourth-order valence-electron chi connectivity index (χ4n) is 1.53. The first-order valence-electron chi connectivity index (χ1n) is 5.67. The van der Waals surface area contributed by atoms with Crippen LogP contribution in [0.1, 0.15) is 20.8 Å². The Morgan fingerprint density at radius 1 is 1.38 bits per heavy atom. The minimum atomic E-state index is 0.143. The minimum Gasteiger partial charge on any atom is -0.393 e. The Balaban J connectivity index is 4.08. The first-order valence-corrected chi connectivity index (χ1v) is 6.08. The Kier molecular flexibility index (Phi) is 7.25. The van der Waals surface area contributed by atoms with Gasteiger partial charge in [0.15, 0.2) is 0 Å². The van der Waals surface area contributed by atoms with Crippen molar-refractivity contribution in [1.29, 1.82) is 0 Å². The summed E-state index contributed by atoms with van der Waals surface area (Å²) >= 11 is 4.90. The smallest absolute Gasteiger partial charge is 0.236 e. The molecule has 0 radical (unpaired) electrons. The van der Waals surface area contributed by atoms with E-state index in [0.717, 1.165) is 19.6 Å². The number of carbonyl (C=O) groups excluding carboxylic acids is 1. The normalized spacial score (nSPS) is 12.6. The van der Waals surface area contributed by atoms with E-state index in [0.29, 0.717) is 11.5 Å². The highest BCUT2D eigenvalue weighted by molar-refractivity contribution is 7.80. The topological polar surface area (TPSA) is 49.6 Å². The van der Waals surface area contributed by atoms with Crippen LogP contribution in [0.15, 0.2) is 0 Å². The van der Waals surface area contributed by atoms with Crippen molar-refractivity contribution in [2.75, 3.05) is 33.2 Å². The first-order chi connectivity index (χ1) is 7.42. The Morgan fingerprint density at radius 3 is 2.25 bits per heavy atom. The predicted molar refractivity (Wildman–Crippen MR) is 71.4 cm³/mol. The van der Waals surface area contributed by atoms with Crippen LogP contribution in [0.5, 0.6) is 0 Å². The molecular formula is C11H23N3OS. The Morgan fingerprint density at radius 2 is 1.88 bits per heavy atom. The molecule has 1 unspecified atom stereocenters. The predicted octanol–water partition coefficient (Wildman–Crippen LogP) is 0.709. The standard InChI is InChI=1S/C11H23N3OS/c1-5-14(6-2)10(15)8-13(4)7-9(3)11(12)16/h9H,5-8H2,1-4H3,(H2,12,16). The first kappa shape index (κ1) is 15.3. The van der Waals surface area contributed by atoms with Gasteiger partial charge in [-0.05, 0) is 20.9 Å². The lowest BCUT2D eigenvalue weighted by atomic mass is 10.2. The molecule has 0 rings (SSSR count). The summed E-state index contributed by atoms with van der Waals surface area (Å²) in [6.07, 6.45) is 0. The highest BCUT2D eigenvalue weighted by Crippen LogP contribution is 1.99. The number of thiocarbonyl (C=S) groups is 1. The molecule has 0 aromatic carbocycles. The number of carbonyl (C=O) groups is 1. The van der Waals surface area contributed by atoms with Crippen molar-refractivity contribution in [3.05, 3.63) is 0 Å². The van der Waals surface area contributed by atoms with E-state index in [2.05, 4.69) is 0 Å². The number of amides is 1. The van der Waals surface area contributed by atoms with Gasteiger partial charge in [-0.15, -0.1) is 0 Å². The van der Waals surface area contributed by atoms with Crippen LogP contribution in [-0.2, 0) is 4.79 Å². The summed E-state index contributed by atoms with van der Waals surface area (Å²) in [7, 11) is 1.91. The van der Waals surface area contributed by atoms with Crippen LogP contribution in [0.3, 0.4) is 0 Å². The molecule has 0 aliphatic heterocycles. The molecule has 0 saturated carbocycles. The van der Waals surface area contributed by atoms with Crippen LogP contribution < -0.4 is 5.73 Å². The van der Waals surface area contributed by atoms with Gasteiger partial charge in [-0.1, -0.05) is 19.1 Å². The summed E-state index contributed by atoms with van der Waals surface area (Å²) in [6.45, 7) is 8.61. The zero-order valence-electron chi connectivity index (χ0n) is 10.7. The number of rotatable bonds is 7. The van der Waals surface area contributed by atoms with E-state index < -0.39 is 0 Å². The molecule has 1 atom stereocenters. The maximum absolute atomic E-state index is 11.8. The SMILES string of the molecule is CCN(CC)C(=O)CN(C)CC(C)C(N)=S. The molecule has 0 spiro atoms. The number of hydrogen-bond donors (Lipinski definition) is 1. The van der Waals surface area contributed by atoms with E-state index in [1.807, 2.05) is 37.6 Å². The average molecular weight is 245 g/mol. The van der Waals surface area contributed by atoms with Gasteiger partial charge in [0.2, 0.25) is 5.91 Å². The van der Waals surface area contributed by atoms with E-state index >= 15 is 0 Å². The fourth-order valence-corrected chi connectivity index (χ4v) is 1.60. The second-order valence-corrected chi connectivity index (χ2v) is 4.54. The molecule has 94 valence electrons. The van der Waals surface area contributed by atoms with Gasteiger partial charge in [-0.3, -0.25) is 9.69 Å². The van der Waals surface area contributed by atoms with Crippen LogP contribution in [0.25, 0.3) is 0 Å². The second kappa shape index (κ2) is 7.57. The number of nitrogens with zero attached hydrogens (tertiary/aromatic N) is 2. The van der Waals surface area contributed by atoms with Gasteiger partial charge in [0.1, 0.15) is 0 Å². The summed E-state index contributed by atoms with van der Waals surface area (Å²) in [5, 5.41) is 0. The molecule has 0 aromatic rings. The molecule has 0 aliphatic carbocycles. The summed E-state index contributed by atoms with van der Waals surface area (Å²) < 4.78 is 0. The fraction of sp³-hybridized carbons (Fsp3) is 0.818. The van der Waals surface area contributed by atoms with Crippen molar-refractivity contribution < 1.29 is 4.79 Å². The van der Waals surface area contributed by atoms with Crippen LogP contribution in [0.4, 0.5) is 0 Å². The molecule has 0 fully saturated rings. The van der Waals surface area contributed by atoms with Gasteiger partial charge in [0.05, 0.1) is 11.5 Å². The molecular weight excluding hydrogens is 222 g/mol. The minimum absolute atomic E-state index is 0.143. The lowest BCUT2D eigenvalue weighted by molar-refractivity contribution is -0.131. The summed E-state index contributed by atoms with van der Waals surface area (Å²) in [5.41, 5.74) is 5.54. The molecule has 1 amide bonds. The van der Waals surface area contributed by atoms with E-state index in [1.54, 1.807) is 0 Å². The highest BCUT2D eigenvalue weighted by atomic mass is 32.1. The van der Waals surface area contributed by atoms with Gasteiger partial charge in [-0.2, -0.15) is 0 Å². The summed E-state index contributed by atoms with van der Waals surface area (Å²) in [5.74, 6) is 0.298. The third-order valence-corrected chi connectivity index (χ3v) is 2.99. The number of hydrogen-bond acceptors (Lipinski definition) is 3. The van der Waals surface area contributed by atoms with Gasteiger partial charge >= 0.3 is 0 Å². The molecule has 0 aliphatic rings. The van der Waals surface area contributed by atoms with Crippen molar-refractivity contribution in [1.82, 2.24) is 9.80 Å². The maximum atomic E-state index is 11.8. The average Bonchev–Trinajstić information content (AvgIpc) is 2.18. The summed E-state index contributed by atoms with van der Waals surface area (Å²) in [6, 6.07) is 0. The van der Waals surface area contributed by atoms with Crippen LogP contribution in [0, 0.1) is 5.92 Å². The molecule has 0 aromatic heterocycles. The quantitative estimate of drug-likeness (QED) is 0.671. The Labute approximate surface area is 104 Å². The zero-order valence-corrected chi connectivity index (χ0v) is 11.5. The molecule has 2 N–H and O–H groups in total. The van der Waals surface area contributed by atoms with Gasteiger partial charge in [0.25, 0.3) is 0 Å². The molecule has 4 nitrogen and oxygen atoms in total. The number of likely N-dealkylation sites (N-methyl/N-ethyl adjacent to an activating group) is 2. The van der Waals surface area contributed by atoms with E-state index in [1.165, 1.54) is 0 Å². The lowest BCUT2D eigenvalue weighted by Crippen LogP contribution is -2.41. The van der Waals surface area contributed by atoms with Crippen molar-refractivity contribution in [2.45, 2.75) is 20.8 Å². The van der Waals surface area contributed by atoms with Gasteiger partial charge in [0, 0.05) is 25.6 Å². The maximum Gasteiger partial charge on any atom is 0.236 e. The Bertz CT molecular complexity index is 241. The van der Waals surface area contributed by atoms with Crippen molar-refractivity contribution in [2.24, 2.45) is 11.7 Å². The van der Waals surface area contributed by atoms with E-state index in [-0.39, 0.29) is 11.8 Å². The van der Waals surface area contributed by atoms with Gasteiger partial charge in [-0.25, -0.2) is 0 Å². The van der Waals surface area contributed by atoms with Crippen LogP contribution >= 0.6 is 12.2 Å². The highest BCUT2D eigenvalue weighted by Gasteiger charge is 2.14. The van der Waals surface area contributed by atoms with Crippen LogP contribution in [-0.4, -0.2) is 53.9 Å². The van der Waals surface area contributed by atoms with Gasteiger partial charge < -0.3 is 10.6 Å². The van der Waals surface area contributed by atoms with Crippen molar-refractivity contribution in [3.63, 3.8) is 0 Å². The monoisotopic (exact) mass is 245 g/mol. The molecule has 0 bridgehead atoms. The van der Waals surface area contributed by atoms with Crippen LogP contribution in [0.2, 0.25) is 0 Å². The summed E-state index contributed by atoms with van der Waals surface area (Å²) in [4.78, 5) is 16.1. The van der Waals surface area contributed by atoms with E-state index in [9.17, 15) is 4.79 Å². The third-order valence-electron chi connectivity index (χ3n) is 2.59. The lowest BCUT2D eigenvalue weighted by Gasteiger charge is -2.24. The Hall–Kier alpha value is -0.680. The molecule has 16 heavy (non-hydrogen) atoms. The molecule has 0 saturated heterocycles.